The van der Waals surface area contributed by atoms with Gasteiger partial charge >= 0.3 is 0 Å². The molecular weight excluding hydrogens is 347 g/mol. The number of halogens is 3. The van der Waals surface area contributed by atoms with Crippen LogP contribution in [0.15, 0.2) is 40.9 Å². The Balaban J connectivity index is 2.31. The van der Waals surface area contributed by atoms with Crippen LogP contribution < -0.4 is 4.74 Å². The number of carbonyl (C=O) groups excluding carboxylic acids is 1. The molecule has 0 aromatic heterocycles. The Labute approximate surface area is 129 Å². The summed E-state index contributed by atoms with van der Waals surface area (Å²) in [5.41, 5.74) is 0.647. The van der Waals surface area contributed by atoms with Crippen molar-refractivity contribution in [2.24, 2.45) is 0 Å². The summed E-state index contributed by atoms with van der Waals surface area (Å²) in [6, 6.07) is 9.79. The van der Waals surface area contributed by atoms with Crippen LogP contribution in [0.25, 0.3) is 0 Å². The van der Waals surface area contributed by atoms with Crippen molar-refractivity contribution in [1.82, 2.24) is 0 Å². The summed E-state index contributed by atoms with van der Waals surface area (Å²) in [6.07, 6.45) is -0.0702. The lowest BCUT2D eigenvalue weighted by molar-refractivity contribution is 0.0992. The summed E-state index contributed by atoms with van der Waals surface area (Å²) < 4.78 is 19.5. The Morgan fingerprint density at radius 1 is 1.30 bits per heavy atom. The fourth-order valence-electron chi connectivity index (χ4n) is 1.84. The van der Waals surface area contributed by atoms with Crippen LogP contribution in [0.5, 0.6) is 5.75 Å². The van der Waals surface area contributed by atoms with Gasteiger partial charge in [-0.1, -0.05) is 29.8 Å². The van der Waals surface area contributed by atoms with E-state index in [9.17, 15) is 9.18 Å². The van der Waals surface area contributed by atoms with Gasteiger partial charge in [-0.2, -0.15) is 0 Å². The standard InChI is InChI=1S/C15H11BrClFO2/c1-20-13-7-2-4-9(15(13)18)8-12(19)10-5-3-6-11(16)14(10)17/h2-7H,8H2,1H3. The molecule has 0 bridgehead atoms. The van der Waals surface area contributed by atoms with Crippen LogP contribution in [0.1, 0.15) is 15.9 Å². The van der Waals surface area contributed by atoms with Crippen molar-refractivity contribution >= 4 is 33.3 Å². The minimum absolute atomic E-state index is 0.0702. The Bertz CT molecular complexity index is 658. The lowest BCUT2D eigenvalue weighted by Crippen LogP contribution is -2.07. The van der Waals surface area contributed by atoms with E-state index in [0.29, 0.717) is 15.1 Å². The first-order valence-corrected chi connectivity index (χ1v) is 7.00. The van der Waals surface area contributed by atoms with Gasteiger partial charge in [-0.15, -0.1) is 0 Å². The van der Waals surface area contributed by atoms with Crippen molar-refractivity contribution in [3.8, 4) is 5.75 Å². The zero-order valence-corrected chi connectivity index (χ0v) is 13.0. The predicted octanol–water partition coefficient (Wildman–Crippen LogP) is 4.68. The van der Waals surface area contributed by atoms with Crippen LogP contribution in [0, 0.1) is 5.82 Å². The van der Waals surface area contributed by atoms with Crippen molar-refractivity contribution in [1.29, 1.82) is 0 Å². The number of Topliss-reactive ketones (excluding diaryl/α,β-unsaturated/α-hetero) is 1. The molecule has 2 nitrogen and oxygen atoms in total. The summed E-state index contributed by atoms with van der Waals surface area (Å²) in [6.45, 7) is 0. The van der Waals surface area contributed by atoms with Crippen molar-refractivity contribution < 1.29 is 13.9 Å². The molecular formula is C15H11BrClFO2. The second-order valence-electron chi connectivity index (χ2n) is 4.13. The van der Waals surface area contributed by atoms with Crippen LogP contribution in [-0.4, -0.2) is 12.9 Å². The molecule has 0 aliphatic carbocycles. The molecule has 2 rings (SSSR count). The molecule has 20 heavy (non-hydrogen) atoms. The van der Waals surface area contributed by atoms with Gasteiger partial charge < -0.3 is 4.74 Å². The first kappa shape index (κ1) is 15.0. The molecule has 0 spiro atoms. The highest BCUT2D eigenvalue weighted by Crippen LogP contribution is 2.28. The molecule has 0 fully saturated rings. The molecule has 104 valence electrons. The number of ketones is 1. The average Bonchev–Trinajstić information content (AvgIpc) is 2.44. The molecule has 2 aromatic carbocycles. The molecule has 0 N–H and O–H groups in total. The van der Waals surface area contributed by atoms with E-state index in [2.05, 4.69) is 15.9 Å². The van der Waals surface area contributed by atoms with E-state index in [1.807, 2.05) is 0 Å². The summed E-state index contributed by atoms with van der Waals surface area (Å²) in [5.74, 6) is -0.645. The highest BCUT2D eigenvalue weighted by Gasteiger charge is 2.16. The molecule has 0 amide bonds. The number of methoxy groups -OCH3 is 1. The van der Waals surface area contributed by atoms with Gasteiger partial charge in [-0.25, -0.2) is 4.39 Å². The SMILES string of the molecule is COc1cccc(CC(=O)c2cccc(Br)c2Cl)c1F. The summed E-state index contributed by atoms with van der Waals surface area (Å²) in [4.78, 5) is 12.2. The average molecular weight is 358 g/mol. The molecule has 0 saturated carbocycles. The molecule has 5 heteroatoms. The van der Waals surface area contributed by atoms with Crippen molar-refractivity contribution in [2.75, 3.05) is 7.11 Å². The molecule has 0 radical (unpaired) electrons. The third kappa shape index (κ3) is 3.02. The van der Waals surface area contributed by atoms with Gasteiger partial charge in [0, 0.05) is 16.5 Å². The van der Waals surface area contributed by atoms with Gasteiger partial charge in [0.1, 0.15) is 0 Å². The van der Waals surface area contributed by atoms with E-state index in [1.165, 1.54) is 13.2 Å². The maximum atomic E-state index is 14.0. The van der Waals surface area contributed by atoms with Gasteiger partial charge in [0.15, 0.2) is 17.3 Å². The first-order valence-electron chi connectivity index (χ1n) is 5.83. The maximum absolute atomic E-state index is 14.0. The van der Waals surface area contributed by atoms with Gasteiger partial charge in [-0.3, -0.25) is 4.79 Å². The minimum Gasteiger partial charge on any atom is -0.494 e. The topological polar surface area (TPSA) is 26.3 Å². The zero-order valence-electron chi connectivity index (χ0n) is 10.6. The largest absolute Gasteiger partial charge is 0.494 e. The number of ether oxygens (including phenoxy) is 1. The van der Waals surface area contributed by atoms with Gasteiger partial charge in [0.25, 0.3) is 0 Å². The highest BCUT2D eigenvalue weighted by molar-refractivity contribution is 9.10. The number of benzene rings is 2. The van der Waals surface area contributed by atoms with Gasteiger partial charge in [0.2, 0.25) is 0 Å². The van der Waals surface area contributed by atoms with Crippen LogP contribution in [0.4, 0.5) is 4.39 Å². The van der Waals surface area contributed by atoms with E-state index >= 15 is 0 Å². The number of hydrogen-bond donors (Lipinski definition) is 0. The molecule has 0 heterocycles. The van der Waals surface area contributed by atoms with Crippen LogP contribution >= 0.6 is 27.5 Å². The minimum atomic E-state index is -0.519. The molecule has 0 atom stereocenters. The van der Waals surface area contributed by atoms with Crippen LogP contribution in [-0.2, 0) is 6.42 Å². The Morgan fingerprint density at radius 2 is 2.00 bits per heavy atom. The molecule has 0 unspecified atom stereocenters. The molecule has 0 aliphatic heterocycles. The Morgan fingerprint density at radius 3 is 2.70 bits per heavy atom. The zero-order chi connectivity index (χ0) is 14.7. The highest BCUT2D eigenvalue weighted by atomic mass is 79.9. The fourth-order valence-corrected chi connectivity index (χ4v) is 2.44. The van der Waals surface area contributed by atoms with E-state index in [0.717, 1.165) is 0 Å². The third-order valence-corrected chi connectivity index (χ3v) is 4.16. The monoisotopic (exact) mass is 356 g/mol. The number of carbonyl (C=O) groups is 1. The van der Waals surface area contributed by atoms with Crippen LogP contribution in [0.2, 0.25) is 5.02 Å². The number of hydrogen-bond acceptors (Lipinski definition) is 2. The lowest BCUT2D eigenvalue weighted by Gasteiger charge is -2.08. The fraction of sp³-hybridized carbons (Fsp3) is 0.133. The van der Waals surface area contributed by atoms with E-state index in [-0.39, 0.29) is 23.5 Å². The first-order chi connectivity index (χ1) is 9.54. The molecule has 0 aliphatic rings. The van der Waals surface area contributed by atoms with Crippen molar-refractivity contribution in [2.45, 2.75) is 6.42 Å². The predicted molar refractivity (Wildman–Crippen MR) is 80.1 cm³/mol. The van der Waals surface area contributed by atoms with E-state index < -0.39 is 5.82 Å². The summed E-state index contributed by atoms with van der Waals surface area (Å²) in [7, 11) is 1.38. The van der Waals surface area contributed by atoms with E-state index in [1.54, 1.807) is 30.3 Å². The van der Waals surface area contributed by atoms with Crippen molar-refractivity contribution in [3.05, 3.63) is 62.8 Å². The second kappa shape index (κ2) is 6.37. The summed E-state index contributed by atoms with van der Waals surface area (Å²) >= 11 is 9.33. The van der Waals surface area contributed by atoms with Crippen molar-refractivity contribution in [3.63, 3.8) is 0 Å². The maximum Gasteiger partial charge on any atom is 0.168 e. The number of rotatable bonds is 4. The van der Waals surface area contributed by atoms with E-state index in [4.69, 9.17) is 16.3 Å². The van der Waals surface area contributed by atoms with Gasteiger partial charge in [-0.05, 0) is 39.7 Å². The van der Waals surface area contributed by atoms with Gasteiger partial charge in [0.05, 0.1) is 12.1 Å². The normalized spacial score (nSPS) is 10.4. The van der Waals surface area contributed by atoms with Crippen LogP contribution in [0.3, 0.4) is 0 Å². The lowest BCUT2D eigenvalue weighted by atomic mass is 10.0. The molecule has 0 saturated heterocycles. The molecule has 2 aromatic rings. The Kier molecular flexibility index (Phi) is 4.78. The summed E-state index contributed by atoms with van der Waals surface area (Å²) in [5, 5.41) is 0.334. The third-order valence-electron chi connectivity index (χ3n) is 2.87. The second-order valence-corrected chi connectivity index (χ2v) is 5.37. The smallest absolute Gasteiger partial charge is 0.168 e. The Hall–Kier alpha value is -1.39. The quantitative estimate of drug-likeness (QED) is 0.743.